The topological polar surface area (TPSA) is 24.5 Å². The maximum Gasteiger partial charge on any atom is 0.416 e. The van der Waals surface area contributed by atoms with Gasteiger partial charge in [-0.25, -0.2) is 0 Å². The van der Waals surface area contributed by atoms with Gasteiger partial charge in [0, 0.05) is 33.3 Å². The summed E-state index contributed by atoms with van der Waals surface area (Å²) in [6.07, 6.45) is -4.28. The number of benzene rings is 1. The van der Waals surface area contributed by atoms with E-state index in [1.165, 1.54) is 12.1 Å². The fraction of sp³-hybridized carbons (Fsp3) is 0.571. The van der Waals surface area contributed by atoms with Crippen LogP contribution in [0.15, 0.2) is 24.3 Å². The number of methoxy groups -OCH3 is 1. The van der Waals surface area contributed by atoms with Crippen molar-refractivity contribution in [1.29, 1.82) is 0 Å². The van der Waals surface area contributed by atoms with Crippen LogP contribution in [0.1, 0.15) is 11.1 Å². The molecule has 0 unspecified atom stereocenters. The molecule has 0 saturated carbocycles. The third-order valence-electron chi connectivity index (χ3n) is 2.86. The van der Waals surface area contributed by atoms with Crippen LogP contribution in [0.4, 0.5) is 13.2 Å². The van der Waals surface area contributed by atoms with Gasteiger partial charge in [-0.1, -0.05) is 18.2 Å². The summed E-state index contributed by atoms with van der Waals surface area (Å²) in [4.78, 5) is 1.98. The highest BCUT2D eigenvalue weighted by Crippen LogP contribution is 2.29. The summed E-state index contributed by atoms with van der Waals surface area (Å²) in [7, 11) is 3.53. The maximum atomic E-state index is 12.6. The Morgan fingerprint density at radius 2 is 2.00 bits per heavy atom. The van der Waals surface area contributed by atoms with Crippen LogP contribution in [0.25, 0.3) is 0 Å². The molecule has 0 radical (unpaired) electrons. The highest BCUT2D eigenvalue weighted by molar-refractivity contribution is 5.25. The number of alkyl halides is 3. The number of halogens is 3. The Morgan fingerprint density at radius 1 is 1.25 bits per heavy atom. The molecule has 0 aliphatic carbocycles. The fourth-order valence-corrected chi connectivity index (χ4v) is 1.81. The number of nitrogens with zero attached hydrogens (tertiary/aromatic N) is 1. The first-order valence-electron chi connectivity index (χ1n) is 6.48. The molecule has 1 rings (SSSR count). The molecule has 0 aliphatic rings. The van der Waals surface area contributed by atoms with Crippen LogP contribution in [-0.2, 0) is 17.5 Å². The van der Waals surface area contributed by atoms with E-state index >= 15 is 0 Å². The lowest BCUT2D eigenvalue weighted by Crippen LogP contribution is -2.30. The maximum absolute atomic E-state index is 12.6. The summed E-state index contributed by atoms with van der Waals surface area (Å²) in [6.45, 7) is 3.46. The quantitative estimate of drug-likeness (QED) is 0.744. The van der Waals surface area contributed by atoms with Crippen LogP contribution in [0.3, 0.4) is 0 Å². The molecule has 0 amide bonds. The number of likely N-dealkylation sites (N-methyl/N-ethyl adjacent to an activating group) is 1. The molecule has 20 heavy (non-hydrogen) atoms. The van der Waals surface area contributed by atoms with Crippen molar-refractivity contribution in [2.75, 3.05) is 40.4 Å². The van der Waals surface area contributed by atoms with Crippen LogP contribution in [0.5, 0.6) is 0 Å². The minimum Gasteiger partial charge on any atom is -0.383 e. The molecule has 1 aromatic rings. The van der Waals surface area contributed by atoms with E-state index in [1.54, 1.807) is 13.2 Å². The van der Waals surface area contributed by atoms with E-state index in [0.29, 0.717) is 18.7 Å². The van der Waals surface area contributed by atoms with Gasteiger partial charge in [0.25, 0.3) is 0 Å². The predicted molar refractivity (Wildman–Crippen MR) is 72.5 cm³/mol. The predicted octanol–water partition coefficient (Wildman–Crippen LogP) is 2.37. The van der Waals surface area contributed by atoms with E-state index in [1.807, 2.05) is 11.9 Å². The molecule has 3 nitrogen and oxygen atoms in total. The molecule has 0 fully saturated rings. The lowest BCUT2D eigenvalue weighted by molar-refractivity contribution is -0.137. The molecule has 114 valence electrons. The molecule has 0 spiro atoms. The van der Waals surface area contributed by atoms with Gasteiger partial charge < -0.3 is 15.0 Å². The Kier molecular flexibility index (Phi) is 6.98. The Hall–Kier alpha value is -1.11. The number of nitrogens with one attached hydrogen (secondary N) is 1. The Bertz CT molecular complexity index is 396. The first kappa shape index (κ1) is 16.9. The monoisotopic (exact) mass is 290 g/mol. The van der Waals surface area contributed by atoms with Crippen molar-refractivity contribution in [3.63, 3.8) is 0 Å². The Labute approximate surface area is 117 Å². The second-order valence-electron chi connectivity index (χ2n) is 4.68. The zero-order valence-electron chi connectivity index (χ0n) is 11.8. The zero-order chi connectivity index (χ0) is 15.0. The number of hydrogen-bond acceptors (Lipinski definition) is 3. The van der Waals surface area contributed by atoms with Crippen LogP contribution < -0.4 is 5.32 Å². The van der Waals surface area contributed by atoms with E-state index in [-0.39, 0.29) is 0 Å². The molecule has 0 heterocycles. The summed E-state index contributed by atoms with van der Waals surface area (Å²) in [5, 5.41) is 3.19. The van der Waals surface area contributed by atoms with Gasteiger partial charge in [-0.05, 0) is 18.7 Å². The smallest absolute Gasteiger partial charge is 0.383 e. The minimum absolute atomic E-state index is 0.496. The minimum atomic E-state index is -4.28. The molecule has 0 atom stereocenters. The number of rotatable bonds is 8. The average molecular weight is 290 g/mol. The molecule has 0 bridgehead atoms. The van der Waals surface area contributed by atoms with Crippen molar-refractivity contribution in [1.82, 2.24) is 10.2 Å². The molecule has 6 heteroatoms. The molecule has 0 aliphatic heterocycles. The zero-order valence-corrected chi connectivity index (χ0v) is 11.8. The lowest BCUT2D eigenvalue weighted by atomic mass is 10.1. The van der Waals surface area contributed by atoms with Gasteiger partial charge in [-0.15, -0.1) is 0 Å². The summed E-state index contributed by atoms with van der Waals surface area (Å²) in [5.41, 5.74) is 0.0702. The fourth-order valence-electron chi connectivity index (χ4n) is 1.81. The summed E-state index contributed by atoms with van der Waals surface area (Å²) in [6, 6.07) is 5.46. The van der Waals surface area contributed by atoms with Crippen LogP contribution in [0, 0.1) is 0 Å². The van der Waals surface area contributed by atoms with Gasteiger partial charge >= 0.3 is 6.18 Å². The first-order chi connectivity index (χ1) is 9.43. The van der Waals surface area contributed by atoms with Crippen molar-refractivity contribution in [2.45, 2.75) is 12.7 Å². The van der Waals surface area contributed by atoms with Crippen molar-refractivity contribution < 1.29 is 17.9 Å². The second kappa shape index (κ2) is 8.24. The van der Waals surface area contributed by atoms with Gasteiger partial charge in [0.2, 0.25) is 0 Å². The van der Waals surface area contributed by atoms with Gasteiger partial charge in [0.1, 0.15) is 0 Å². The second-order valence-corrected chi connectivity index (χ2v) is 4.68. The number of ether oxygens (including phenoxy) is 1. The summed E-state index contributed by atoms with van der Waals surface area (Å²) < 4.78 is 42.7. The van der Waals surface area contributed by atoms with E-state index in [2.05, 4.69) is 5.32 Å². The normalized spacial score (nSPS) is 12.1. The molecule has 1 aromatic carbocycles. The largest absolute Gasteiger partial charge is 0.416 e. The standard InChI is InChI=1S/C14H21F3N2O/c1-19(8-6-18-7-9-20-2)11-12-4-3-5-13(10-12)14(15,16)17/h3-5,10,18H,6-9,11H2,1-2H3. The SMILES string of the molecule is COCCNCCN(C)Cc1cccc(C(F)(F)F)c1. The first-order valence-corrected chi connectivity index (χ1v) is 6.48. The van der Waals surface area contributed by atoms with E-state index in [4.69, 9.17) is 4.74 Å². The van der Waals surface area contributed by atoms with E-state index < -0.39 is 11.7 Å². The van der Waals surface area contributed by atoms with Crippen LogP contribution in [0.2, 0.25) is 0 Å². The van der Waals surface area contributed by atoms with Crippen LogP contribution >= 0.6 is 0 Å². The molecule has 1 N–H and O–H groups in total. The third-order valence-corrected chi connectivity index (χ3v) is 2.86. The van der Waals surface area contributed by atoms with Gasteiger partial charge in [-0.2, -0.15) is 13.2 Å². The van der Waals surface area contributed by atoms with Crippen LogP contribution in [-0.4, -0.2) is 45.3 Å². The van der Waals surface area contributed by atoms with Gasteiger partial charge in [0.15, 0.2) is 0 Å². The summed E-state index contributed by atoms with van der Waals surface area (Å²) >= 11 is 0. The Morgan fingerprint density at radius 3 is 2.65 bits per heavy atom. The summed E-state index contributed by atoms with van der Waals surface area (Å²) in [5.74, 6) is 0. The van der Waals surface area contributed by atoms with Crippen molar-refractivity contribution >= 4 is 0 Å². The van der Waals surface area contributed by atoms with E-state index in [9.17, 15) is 13.2 Å². The van der Waals surface area contributed by atoms with Crippen molar-refractivity contribution in [3.8, 4) is 0 Å². The average Bonchev–Trinajstić information content (AvgIpc) is 2.38. The lowest BCUT2D eigenvalue weighted by Gasteiger charge is -2.18. The highest BCUT2D eigenvalue weighted by atomic mass is 19.4. The highest BCUT2D eigenvalue weighted by Gasteiger charge is 2.30. The van der Waals surface area contributed by atoms with Gasteiger partial charge in [0.05, 0.1) is 12.2 Å². The van der Waals surface area contributed by atoms with Crippen molar-refractivity contribution in [3.05, 3.63) is 35.4 Å². The van der Waals surface area contributed by atoms with Gasteiger partial charge in [-0.3, -0.25) is 0 Å². The van der Waals surface area contributed by atoms with E-state index in [0.717, 1.165) is 25.7 Å². The molecule has 0 saturated heterocycles. The molecular formula is C14H21F3N2O. The van der Waals surface area contributed by atoms with Crippen molar-refractivity contribution in [2.24, 2.45) is 0 Å². The molecule has 0 aromatic heterocycles. The Balaban J connectivity index is 2.40. The molecular weight excluding hydrogens is 269 g/mol. The number of hydrogen-bond donors (Lipinski definition) is 1. The third kappa shape index (κ3) is 6.36.